The molecule has 2 amide bonds. The number of nitrogens with zero attached hydrogens (tertiary/aromatic N) is 2. The van der Waals surface area contributed by atoms with Crippen LogP contribution in [0, 0.1) is 6.92 Å². The van der Waals surface area contributed by atoms with Gasteiger partial charge in [-0.15, -0.1) is 11.3 Å². The largest absolute Gasteiger partial charge is 0.322 e. The lowest BCUT2D eigenvalue weighted by Crippen LogP contribution is -2.38. The van der Waals surface area contributed by atoms with Crippen LogP contribution in [0.5, 0.6) is 0 Å². The number of thiazole rings is 1. The van der Waals surface area contributed by atoms with Crippen LogP contribution >= 0.6 is 38.9 Å². The smallest absolute Gasteiger partial charge is 0.319 e. The maximum Gasteiger partial charge on any atom is 0.322 e. The van der Waals surface area contributed by atoms with E-state index in [9.17, 15) is 4.79 Å². The Balaban J connectivity index is 1.70. The first-order valence-corrected chi connectivity index (χ1v) is 8.48. The van der Waals surface area contributed by atoms with Crippen molar-refractivity contribution in [2.24, 2.45) is 0 Å². The predicted octanol–water partition coefficient (Wildman–Crippen LogP) is 4.46. The van der Waals surface area contributed by atoms with Crippen LogP contribution in [0.25, 0.3) is 0 Å². The van der Waals surface area contributed by atoms with E-state index >= 15 is 0 Å². The van der Waals surface area contributed by atoms with Crippen molar-refractivity contribution in [3.05, 3.63) is 43.3 Å². The predicted molar refractivity (Wildman–Crippen MR) is 89.1 cm³/mol. The summed E-state index contributed by atoms with van der Waals surface area (Å²) in [6.07, 6.45) is 0.796. The molecular formula is C14H13BrClN3OS. The second-order valence-corrected chi connectivity index (χ2v) is 7.67. The van der Waals surface area contributed by atoms with E-state index in [2.05, 4.69) is 26.2 Å². The highest BCUT2D eigenvalue weighted by Crippen LogP contribution is 2.28. The van der Waals surface area contributed by atoms with E-state index in [0.29, 0.717) is 18.1 Å². The van der Waals surface area contributed by atoms with Crippen molar-refractivity contribution in [2.75, 3.05) is 11.9 Å². The summed E-state index contributed by atoms with van der Waals surface area (Å²) in [6.45, 7) is 3.21. The molecule has 7 heteroatoms. The number of fused-ring (bicyclic) bond motifs is 1. The highest BCUT2D eigenvalue weighted by atomic mass is 79.9. The molecule has 0 unspecified atom stereocenters. The molecule has 1 aromatic heterocycles. The van der Waals surface area contributed by atoms with E-state index in [4.69, 9.17) is 11.6 Å². The van der Waals surface area contributed by atoms with Gasteiger partial charge in [0.1, 0.15) is 0 Å². The van der Waals surface area contributed by atoms with Gasteiger partial charge in [0, 0.05) is 28.6 Å². The fourth-order valence-corrected chi connectivity index (χ4v) is 4.03. The number of amides is 2. The number of anilines is 1. The summed E-state index contributed by atoms with van der Waals surface area (Å²) in [5, 5.41) is 3.62. The molecule has 3 rings (SSSR count). The average Bonchev–Trinajstić information content (AvgIpc) is 2.82. The minimum Gasteiger partial charge on any atom is -0.319 e. The molecule has 1 aromatic carbocycles. The van der Waals surface area contributed by atoms with Crippen molar-refractivity contribution in [2.45, 2.75) is 19.9 Å². The fraction of sp³-hybridized carbons (Fsp3) is 0.286. The number of hydrogen-bond acceptors (Lipinski definition) is 3. The number of halogens is 2. The molecule has 0 saturated heterocycles. The second-order valence-electron chi connectivity index (χ2n) is 4.90. The SMILES string of the molecule is Cc1cc(NC(=O)N2CCc3nc(Br)sc3C2)ccc1Cl. The normalized spacial score (nSPS) is 14.0. The first-order valence-electron chi connectivity index (χ1n) is 6.49. The van der Waals surface area contributed by atoms with Gasteiger partial charge in [-0.1, -0.05) is 11.6 Å². The number of carbonyl (C=O) groups excluding carboxylic acids is 1. The van der Waals surface area contributed by atoms with E-state index < -0.39 is 0 Å². The summed E-state index contributed by atoms with van der Waals surface area (Å²) < 4.78 is 0.878. The number of benzene rings is 1. The highest BCUT2D eigenvalue weighted by Gasteiger charge is 2.23. The zero-order valence-corrected chi connectivity index (χ0v) is 14.5. The number of rotatable bonds is 1. The molecule has 21 heavy (non-hydrogen) atoms. The Kier molecular flexibility index (Phi) is 4.19. The Bertz CT molecular complexity index is 704. The van der Waals surface area contributed by atoms with Crippen LogP contribution in [0.1, 0.15) is 16.1 Å². The van der Waals surface area contributed by atoms with Crippen molar-refractivity contribution in [1.82, 2.24) is 9.88 Å². The molecule has 0 spiro atoms. The number of carbonyl (C=O) groups is 1. The van der Waals surface area contributed by atoms with Gasteiger partial charge in [-0.05, 0) is 46.6 Å². The second kappa shape index (κ2) is 5.94. The average molecular weight is 387 g/mol. The molecule has 1 aliphatic rings. The molecule has 2 aromatic rings. The van der Waals surface area contributed by atoms with Crippen molar-refractivity contribution < 1.29 is 4.79 Å². The van der Waals surface area contributed by atoms with Gasteiger partial charge in [-0.2, -0.15) is 0 Å². The van der Waals surface area contributed by atoms with E-state index in [1.165, 1.54) is 0 Å². The Morgan fingerprint density at radius 3 is 3.10 bits per heavy atom. The van der Waals surface area contributed by atoms with E-state index in [1.54, 1.807) is 22.3 Å². The van der Waals surface area contributed by atoms with Gasteiger partial charge in [0.25, 0.3) is 0 Å². The first-order chi connectivity index (χ1) is 10.0. The van der Waals surface area contributed by atoms with Crippen LogP contribution in [0.4, 0.5) is 10.5 Å². The summed E-state index contributed by atoms with van der Waals surface area (Å²) in [6, 6.07) is 5.39. The minimum absolute atomic E-state index is 0.0908. The van der Waals surface area contributed by atoms with Gasteiger partial charge < -0.3 is 10.2 Å². The Hall–Kier alpha value is -1.11. The van der Waals surface area contributed by atoms with Gasteiger partial charge in [-0.25, -0.2) is 9.78 Å². The molecule has 110 valence electrons. The Labute approximate surface area is 140 Å². The molecule has 0 fully saturated rings. The van der Waals surface area contributed by atoms with Crippen LogP contribution in [-0.4, -0.2) is 22.5 Å². The van der Waals surface area contributed by atoms with E-state index in [0.717, 1.165) is 32.2 Å². The molecule has 0 saturated carbocycles. The van der Waals surface area contributed by atoms with Crippen LogP contribution in [0.15, 0.2) is 22.1 Å². The van der Waals surface area contributed by atoms with Gasteiger partial charge in [0.15, 0.2) is 3.92 Å². The first kappa shape index (κ1) is 14.8. The van der Waals surface area contributed by atoms with E-state index in [1.807, 2.05) is 19.1 Å². The topological polar surface area (TPSA) is 45.2 Å². The molecule has 0 aliphatic carbocycles. The maximum atomic E-state index is 12.3. The standard InChI is InChI=1S/C14H13BrClN3OS/c1-8-6-9(2-3-10(8)16)17-14(20)19-5-4-11-12(7-19)21-13(15)18-11/h2-3,6H,4-5,7H2,1H3,(H,17,20). The molecular weight excluding hydrogens is 374 g/mol. The minimum atomic E-state index is -0.0908. The molecule has 1 aliphatic heterocycles. The van der Waals surface area contributed by atoms with Crippen LogP contribution in [0.2, 0.25) is 5.02 Å². The lowest BCUT2D eigenvalue weighted by atomic mass is 10.2. The number of aromatic nitrogens is 1. The third-order valence-electron chi connectivity index (χ3n) is 3.40. The Morgan fingerprint density at radius 1 is 1.52 bits per heavy atom. The maximum absolute atomic E-state index is 12.3. The molecule has 0 bridgehead atoms. The fourth-order valence-electron chi connectivity index (χ4n) is 2.26. The number of urea groups is 1. The van der Waals surface area contributed by atoms with Crippen LogP contribution < -0.4 is 5.32 Å². The summed E-state index contributed by atoms with van der Waals surface area (Å²) in [5.74, 6) is 0. The quantitative estimate of drug-likeness (QED) is 0.786. The van der Waals surface area contributed by atoms with Crippen molar-refractivity contribution >= 4 is 50.6 Å². The molecule has 2 heterocycles. The van der Waals surface area contributed by atoms with Crippen molar-refractivity contribution in [3.63, 3.8) is 0 Å². The lowest BCUT2D eigenvalue weighted by molar-refractivity contribution is 0.207. The lowest BCUT2D eigenvalue weighted by Gasteiger charge is -2.26. The van der Waals surface area contributed by atoms with Gasteiger partial charge in [0.2, 0.25) is 0 Å². The molecule has 0 radical (unpaired) electrons. The van der Waals surface area contributed by atoms with Crippen molar-refractivity contribution in [1.29, 1.82) is 0 Å². The molecule has 0 atom stereocenters. The van der Waals surface area contributed by atoms with Crippen molar-refractivity contribution in [3.8, 4) is 0 Å². The Morgan fingerprint density at radius 2 is 2.33 bits per heavy atom. The van der Waals surface area contributed by atoms with Crippen LogP contribution in [-0.2, 0) is 13.0 Å². The summed E-state index contributed by atoms with van der Waals surface area (Å²) >= 11 is 11.0. The summed E-state index contributed by atoms with van der Waals surface area (Å²) in [7, 11) is 0. The number of aryl methyl sites for hydroxylation is 1. The zero-order valence-electron chi connectivity index (χ0n) is 11.3. The number of nitrogens with one attached hydrogen (secondary N) is 1. The number of hydrogen-bond donors (Lipinski definition) is 1. The van der Waals surface area contributed by atoms with Gasteiger partial charge in [-0.3, -0.25) is 0 Å². The highest BCUT2D eigenvalue weighted by molar-refractivity contribution is 9.11. The third kappa shape index (κ3) is 3.22. The van der Waals surface area contributed by atoms with Gasteiger partial charge in [0.05, 0.1) is 12.2 Å². The summed E-state index contributed by atoms with van der Waals surface area (Å²) in [4.78, 5) is 19.7. The van der Waals surface area contributed by atoms with Gasteiger partial charge >= 0.3 is 6.03 Å². The molecule has 1 N–H and O–H groups in total. The monoisotopic (exact) mass is 385 g/mol. The summed E-state index contributed by atoms with van der Waals surface area (Å²) in [5.41, 5.74) is 2.80. The van der Waals surface area contributed by atoms with Crippen LogP contribution in [0.3, 0.4) is 0 Å². The zero-order chi connectivity index (χ0) is 15.0. The van der Waals surface area contributed by atoms with E-state index in [-0.39, 0.29) is 6.03 Å². The third-order valence-corrected chi connectivity index (χ3v) is 5.36. The molecule has 4 nitrogen and oxygen atoms in total.